The quantitative estimate of drug-likeness (QED) is 0.911. The first-order valence-electron chi connectivity index (χ1n) is 6.42. The molecule has 2 rings (SSSR count). The molecule has 0 aliphatic heterocycles. The van der Waals surface area contributed by atoms with E-state index in [9.17, 15) is 14.3 Å². The van der Waals surface area contributed by atoms with Gasteiger partial charge in [-0.25, -0.2) is 9.18 Å². The lowest BCUT2D eigenvalue weighted by molar-refractivity contribution is 0.0697. The smallest absolute Gasteiger partial charge is 0.337 e. The van der Waals surface area contributed by atoms with E-state index in [1.165, 1.54) is 18.2 Å². The number of hydrogen-bond donors (Lipinski definition) is 1. The fourth-order valence-corrected chi connectivity index (χ4v) is 2.43. The third-order valence-corrected chi connectivity index (χ3v) is 3.72. The topological polar surface area (TPSA) is 40.5 Å². The molecule has 3 nitrogen and oxygen atoms in total. The van der Waals surface area contributed by atoms with Crippen LogP contribution in [0.4, 0.5) is 10.1 Å². The van der Waals surface area contributed by atoms with E-state index in [4.69, 9.17) is 11.6 Å². The van der Waals surface area contributed by atoms with Crippen molar-refractivity contribution in [2.45, 2.75) is 13.0 Å². The number of anilines is 1. The molecule has 0 spiro atoms. The summed E-state index contributed by atoms with van der Waals surface area (Å²) in [4.78, 5) is 12.9. The fraction of sp³-hybridized carbons (Fsp3) is 0.188. The second-order valence-electron chi connectivity index (χ2n) is 4.78. The first kappa shape index (κ1) is 15.3. The predicted octanol–water partition coefficient (Wildman–Crippen LogP) is 4.37. The first-order valence-corrected chi connectivity index (χ1v) is 6.79. The van der Waals surface area contributed by atoms with Crippen LogP contribution in [0.5, 0.6) is 0 Å². The molecule has 1 N–H and O–H groups in total. The molecule has 0 heterocycles. The Hall–Kier alpha value is -2.07. The van der Waals surface area contributed by atoms with Crippen LogP contribution in [0.3, 0.4) is 0 Å². The van der Waals surface area contributed by atoms with Crippen molar-refractivity contribution in [1.29, 1.82) is 0 Å². The van der Waals surface area contributed by atoms with Gasteiger partial charge in [0.05, 0.1) is 17.3 Å². The zero-order chi connectivity index (χ0) is 15.6. The normalized spacial score (nSPS) is 12.0. The zero-order valence-electron chi connectivity index (χ0n) is 11.7. The molecule has 0 aliphatic rings. The highest BCUT2D eigenvalue weighted by Gasteiger charge is 2.22. The van der Waals surface area contributed by atoms with Crippen LogP contribution in [0.2, 0.25) is 5.02 Å². The van der Waals surface area contributed by atoms with Gasteiger partial charge in [-0.1, -0.05) is 29.8 Å². The standard InChI is InChI=1S/C16H15ClFNO2/c1-10(11-5-3-6-12(17)9-11)19(2)15-13(16(20)21)7-4-8-14(15)18/h3-10H,1-2H3,(H,20,21). The van der Waals surface area contributed by atoms with Gasteiger partial charge in [-0.2, -0.15) is 0 Å². The third kappa shape index (κ3) is 3.16. The number of benzene rings is 2. The van der Waals surface area contributed by atoms with Crippen LogP contribution in [-0.2, 0) is 0 Å². The number of carbonyl (C=O) groups is 1. The average molecular weight is 308 g/mol. The van der Waals surface area contributed by atoms with Gasteiger partial charge in [0, 0.05) is 12.1 Å². The Kier molecular flexibility index (Phi) is 4.48. The van der Waals surface area contributed by atoms with Gasteiger partial charge in [0.15, 0.2) is 0 Å². The highest BCUT2D eigenvalue weighted by atomic mass is 35.5. The van der Waals surface area contributed by atoms with E-state index < -0.39 is 11.8 Å². The van der Waals surface area contributed by atoms with Crippen LogP contribution >= 0.6 is 11.6 Å². The van der Waals surface area contributed by atoms with E-state index in [0.717, 1.165) is 5.56 Å². The van der Waals surface area contributed by atoms with Crippen LogP contribution in [0.15, 0.2) is 42.5 Å². The van der Waals surface area contributed by atoms with Gasteiger partial charge in [0.1, 0.15) is 5.82 Å². The zero-order valence-corrected chi connectivity index (χ0v) is 12.4. The van der Waals surface area contributed by atoms with E-state index in [-0.39, 0.29) is 17.3 Å². The van der Waals surface area contributed by atoms with Crippen LogP contribution in [-0.4, -0.2) is 18.1 Å². The van der Waals surface area contributed by atoms with Gasteiger partial charge < -0.3 is 10.0 Å². The fourth-order valence-electron chi connectivity index (χ4n) is 2.23. The molecule has 2 aromatic carbocycles. The lowest BCUT2D eigenvalue weighted by atomic mass is 10.0. The average Bonchev–Trinajstić information content (AvgIpc) is 2.45. The number of hydrogen-bond acceptors (Lipinski definition) is 2. The van der Waals surface area contributed by atoms with E-state index in [0.29, 0.717) is 5.02 Å². The van der Waals surface area contributed by atoms with E-state index >= 15 is 0 Å². The minimum Gasteiger partial charge on any atom is -0.478 e. The minimum atomic E-state index is -1.16. The Bertz CT molecular complexity index is 675. The molecule has 0 radical (unpaired) electrons. The molecule has 1 atom stereocenters. The van der Waals surface area contributed by atoms with Crippen LogP contribution in [0.1, 0.15) is 28.9 Å². The van der Waals surface area contributed by atoms with Crippen LogP contribution in [0, 0.1) is 5.82 Å². The van der Waals surface area contributed by atoms with E-state index in [2.05, 4.69) is 0 Å². The summed E-state index contributed by atoms with van der Waals surface area (Å²) in [6.07, 6.45) is 0. The van der Waals surface area contributed by atoms with Crippen molar-refractivity contribution >= 4 is 23.3 Å². The monoisotopic (exact) mass is 307 g/mol. The SMILES string of the molecule is CC(c1cccc(Cl)c1)N(C)c1c(F)cccc1C(=O)O. The molecule has 1 unspecified atom stereocenters. The lowest BCUT2D eigenvalue weighted by Gasteiger charge is -2.29. The summed E-state index contributed by atoms with van der Waals surface area (Å²) in [5.74, 6) is -1.72. The van der Waals surface area contributed by atoms with Gasteiger partial charge in [-0.15, -0.1) is 0 Å². The molecule has 0 aliphatic carbocycles. The molecular formula is C16H15ClFNO2. The van der Waals surface area contributed by atoms with Gasteiger partial charge >= 0.3 is 5.97 Å². The van der Waals surface area contributed by atoms with Crippen LogP contribution in [0.25, 0.3) is 0 Å². The summed E-state index contributed by atoms with van der Waals surface area (Å²) in [7, 11) is 1.66. The maximum absolute atomic E-state index is 14.1. The summed E-state index contributed by atoms with van der Waals surface area (Å²) in [6.45, 7) is 1.86. The summed E-state index contributed by atoms with van der Waals surface area (Å²) < 4.78 is 14.1. The Morgan fingerprint density at radius 2 is 1.95 bits per heavy atom. The van der Waals surface area contributed by atoms with Gasteiger partial charge in [0.2, 0.25) is 0 Å². The van der Waals surface area contributed by atoms with E-state index in [1.807, 2.05) is 19.1 Å². The Balaban J connectivity index is 2.44. The number of halogens is 2. The lowest BCUT2D eigenvalue weighted by Crippen LogP contribution is -2.25. The predicted molar refractivity (Wildman–Crippen MR) is 81.6 cm³/mol. The second-order valence-corrected chi connectivity index (χ2v) is 5.22. The summed E-state index contributed by atoms with van der Waals surface area (Å²) in [5, 5.41) is 9.80. The highest BCUT2D eigenvalue weighted by molar-refractivity contribution is 6.30. The van der Waals surface area contributed by atoms with Crippen molar-refractivity contribution in [1.82, 2.24) is 0 Å². The van der Waals surface area contributed by atoms with Crippen molar-refractivity contribution < 1.29 is 14.3 Å². The summed E-state index contributed by atoms with van der Waals surface area (Å²) in [5.41, 5.74) is 0.883. The maximum Gasteiger partial charge on any atom is 0.337 e. The van der Waals surface area contributed by atoms with E-state index in [1.54, 1.807) is 24.1 Å². The number of carboxylic acid groups (broad SMARTS) is 1. The molecule has 0 saturated heterocycles. The molecule has 0 saturated carbocycles. The Morgan fingerprint density at radius 1 is 1.29 bits per heavy atom. The molecule has 110 valence electrons. The van der Waals surface area contributed by atoms with Crippen molar-refractivity contribution in [3.05, 3.63) is 64.4 Å². The van der Waals surface area contributed by atoms with Gasteiger partial charge in [-0.3, -0.25) is 0 Å². The molecular weight excluding hydrogens is 293 g/mol. The highest BCUT2D eigenvalue weighted by Crippen LogP contribution is 2.31. The maximum atomic E-state index is 14.1. The second kappa shape index (κ2) is 6.14. The van der Waals surface area contributed by atoms with Crippen LogP contribution < -0.4 is 4.90 Å². The number of rotatable bonds is 4. The molecule has 21 heavy (non-hydrogen) atoms. The molecule has 0 bridgehead atoms. The minimum absolute atomic E-state index is 0.0635. The molecule has 0 aromatic heterocycles. The number of para-hydroxylation sites is 1. The summed E-state index contributed by atoms with van der Waals surface area (Å²) in [6, 6.07) is 11.0. The molecule has 0 fully saturated rings. The van der Waals surface area contributed by atoms with Crippen molar-refractivity contribution in [3.8, 4) is 0 Å². The van der Waals surface area contributed by atoms with Crippen molar-refractivity contribution in [2.24, 2.45) is 0 Å². The Labute approximate surface area is 127 Å². The first-order chi connectivity index (χ1) is 9.91. The largest absolute Gasteiger partial charge is 0.478 e. The van der Waals surface area contributed by atoms with Gasteiger partial charge in [-0.05, 0) is 36.8 Å². The third-order valence-electron chi connectivity index (χ3n) is 3.48. The molecule has 0 amide bonds. The van der Waals surface area contributed by atoms with Crippen molar-refractivity contribution in [3.63, 3.8) is 0 Å². The molecule has 5 heteroatoms. The number of aromatic carboxylic acids is 1. The number of carboxylic acids is 1. The van der Waals surface area contributed by atoms with Crippen molar-refractivity contribution in [2.75, 3.05) is 11.9 Å². The summed E-state index contributed by atoms with van der Waals surface area (Å²) >= 11 is 5.97. The van der Waals surface area contributed by atoms with Gasteiger partial charge in [0.25, 0.3) is 0 Å². The Morgan fingerprint density at radius 3 is 2.57 bits per heavy atom. The number of nitrogens with zero attached hydrogens (tertiary/aromatic N) is 1. The molecule has 2 aromatic rings.